The second-order valence-electron chi connectivity index (χ2n) is 6.28. The molecule has 0 radical (unpaired) electrons. The molecule has 114 valence electrons. The Labute approximate surface area is 126 Å². The van der Waals surface area contributed by atoms with Crippen molar-refractivity contribution in [2.75, 3.05) is 32.7 Å². The maximum atomic E-state index is 10.6. The molecule has 4 heteroatoms. The molecule has 1 aromatic rings. The Balaban J connectivity index is 1.46. The van der Waals surface area contributed by atoms with Gasteiger partial charge in [0.15, 0.2) is 0 Å². The summed E-state index contributed by atoms with van der Waals surface area (Å²) in [6.45, 7) is 5.74. The molecule has 21 heavy (non-hydrogen) atoms. The highest BCUT2D eigenvalue weighted by molar-refractivity contribution is 5.66. The van der Waals surface area contributed by atoms with E-state index in [2.05, 4.69) is 34.1 Å². The van der Waals surface area contributed by atoms with Crippen LogP contribution < -0.4 is 0 Å². The molecule has 1 aliphatic carbocycles. The van der Waals surface area contributed by atoms with Crippen LogP contribution >= 0.6 is 0 Å². The minimum absolute atomic E-state index is 0.253. The standard InChI is InChI=1S/C17H24N2O2/c20-17(21)6-7-18-8-10-19(11-9-18)13-14-2-1-3-16(12-14)15-4-5-15/h1-3,12,15H,4-11,13H2,(H,20,21). The number of carbonyl (C=O) groups is 1. The van der Waals surface area contributed by atoms with Crippen LogP contribution in [0.2, 0.25) is 0 Å². The molecule has 4 nitrogen and oxygen atoms in total. The normalized spacial score (nSPS) is 20.6. The van der Waals surface area contributed by atoms with Crippen molar-refractivity contribution in [3.63, 3.8) is 0 Å². The van der Waals surface area contributed by atoms with E-state index in [9.17, 15) is 4.79 Å². The molecule has 0 amide bonds. The Hall–Kier alpha value is -1.39. The van der Waals surface area contributed by atoms with E-state index in [1.807, 2.05) is 0 Å². The van der Waals surface area contributed by atoms with Crippen molar-refractivity contribution >= 4 is 5.97 Å². The number of rotatable bonds is 6. The van der Waals surface area contributed by atoms with Gasteiger partial charge in [0.1, 0.15) is 0 Å². The van der Waals surface area contributed by atoms with Crippen LogP contribution in [-0.2, 0) is 11.3 Å². The number of piperazine rings is 1. The van der Waals surface area contributed by atoms with Crippen molar-refractivity contribution in [2.45, 2.75) is 31.7 Å². The van der Waals surface area contributed by atoms with Gasteiger partial charge in [-0.05, 0) is 29.9 Å². The third kappa shape index (κ3) is 4.29. The smallest absolute Gasteiger partial charge is 0.304 e. The van der Waals surface area contributed by atoms with Crippen LogP contribution in [0.15, 0.2) is 24.3 Å². The van der Waals surface area contributed by atoms with Crippen molar-refractivity contribution in [1.29, 1.82) is 0 Å². The van der Waals surface area contributed by atoms with E-state index in [0.717, 1.165) is 38.6 Å². The molecule has 1 aliphatic heterocycles. The van der Waals surface area contributed by atoms with Crippen LogP contribution in [0.4, 0.5) is 0 Å². The lowest BCUT2D eigenvalue weighted by molar-refractivity contribution is -0.137. The summed E-state index contributed by atoms with van der Waals surface area (Å²) in [4.78, 5) is 15.3. The summed E-state index contributed by atoms with van der Waals surface area (Å²) in [5, 5.41) is 8.73. The van der Waals surface area contributed by atoms with Crippen LogP contribution in [-0.4, -0.2) is 53.6 Å². The van der Waals surface area contributed by atoms with Gasteiger partial charge in [0.25, 0.3) is 0 Å². The number of aliphatic carboxylic acids is 1. The molecule has 1 aromatic carbocycles. The molecule has 0 unspecified atom stereocenters. The van der Waals surface area contributed by atoms with Crippen LogP contribution in [0.25, 0.3) is 0 Å². The quantitative estimate of drug-likeness (QED) is 0.871. The molecule has 0 spiro atoms. The molecular weight excluding hydrogens is 264 g/mol. The lowest BCUT2D eigenvalue weighted by atomic mass is 10.1. The van der Waals surface area contributed by atoms with E-state index in [1.54, 1.807) is 0 Å². The Bertz CT molecular complexity index is 491. The molecule has 0 aromatic heterocycles. The predicted octanol–water partition coefficient (Wildman–Crippen LogP) is 2.16. The summed E-state index contributed by atoms with van der Waals surface area (Å²) >= 11 is 0. The molecule has 1 heterocycles. The Morgan fingerprint density at radius 1 is 1.14 bits per heavy atom. The first-order chi connectivity index (χ1) is 10.2. The number of nitrogens with zero attached hydrogens (tertiary/aromatic N) is 2. The fourth-order valence-corrected chi connectivity index (χ4v) is 3.05. The van der Waals surface area contributed by atoms with Crippen molar-refractivity contribution in [2.24, 2.45) is 0 Å². The van der Waals surface area contributed by atoms with Gasteiger partial charge in [-0.25, -0.2) is 0 Å². The molecule has 2 aliphatic rings. The monoisotopic (exact) mass is 288 g/mol. The van der Waals surface area contributed by atoms with Gasteiger partial charge >= 0.3 is 5.97 Å². The van der Waals surface area contributed by atoms with Gasteiger partial charge in [0.2, 0.25) is 0 Å². The highest BCUT2D eigenvalue weighted by Crippen LogP contribution is 2.40. The summed E-state index contributed by atoms with van der Waals surface area (Å²) in [7, 11) is 0. The van der Waals surface area contributed by atoms with Crippen LogP contribution in [0.1, 0.15) is 36.3 Å². The van der Waals surface area contributed by atoms with Gasteiger partial charge in [0.05, 0.1) is 6.42 Å². The highest BCUT2D eigenvalue weighted by Gasteiger charge is 2.23. The maximum absolute atomic E-state index is 10.6. The zero-order valence-corrected chi connectivity index (χ0v) is 12.5. The minimum Gasteiger partial charge on any atom is -0.481 e. The van der Waals surface area contributed by atoms with E-state index in [1.165, 1.54) is 24.0 Å². The van der Waals surface area contributed by atoms with Crippen LogP contribution in [0.5, 0.6) is 0 Å². The number of hydrogen-bond acceptors (Lipinski definition) is 3. The van der Waals surface area contributed by atoms with Gasteiger partial charge in [-0.2, -0.15) is 0 Å². The van der Waals surface area contributed by atoms with Gasteiger partial charge in [-0.1, -0.05) is 24.3 Å². The second kappa shape index (κ2) is 6.58. The topological polar surface area (TPSA) is 43.8 Å². The largest absolute Gasteiger partial charge is 0.481 e. The van der Waals surface area contributed by atoms with Crippen LogP contribution in [0.3, 0.4) is 0 Å². The minimum atomic E-state index is -0.700. The summed E-state index contributed by atoms with van der Waals surface area (Å²) in [5.41, 5.74) is 2.92. The first kappa shape index (κ1) is 14.5. The number of benzene rings is 1. The lowest BCUT2D eigenvalue weighted by Crippen LogP contribution is -2.46. The molecular formula is C17H24N2O2. The average molecular weight is 288 g/mol. The fourth-order valence-electron chi connectivity index (χ4n) is 3.05. The van der Waals surface area contributed by atoms with Crippen molar-refractivity contribution in [1.82, 2.24) is 9.80 Å². The molecule has 1 N–H and O–H groups in total. The second-order valence-corrected chi connectivity index (χ2v) is 6.28. The first-order valence-electron chi connectivity index (χ1n) is 7.96. The summed E-state index contributed by atoms with van der Waals surface area (Å²) in [5.74, 6) is 0.118. The van der Waals surface area contributed by atoms with E-state index < -0.39 is 5.97 Å². The zero-order valence-electron chi connectivity index (χ0n) is 12.5. The molecule has 1 saturated heterocycles. The number of carboxylic acid groups (broad SMARTS) is 1. The van der Waals surface area contributed by atoms with Crippen LogP contribution in [0, 0.1) is 0 Å². The van der Waals surface area contributed by atoms with E-state index in [4.69, 9.17) is 5.11 Å². The van der Waals surface area contributed by atoms with E-state index in [0.29, 0.717) is 6.54 Å². The molecule has 1 saturated carbocycles. The van der Waals surface area contributed by atoms with Gasteiger partial charge in [0, 0.05) is 39.3 Å². The van der Waals surface area contributed by atoms with Crippen molar-refractivity contribution < 1.29 is 9.90 Å². The lowest BCUT2D eigenvalue weighted by Gasteiger charge is -2.34. The van der Waals surface area contributed by atoms with Gasteiger partial charge in [-0.3, -0.25) is 9.69 Å². The number of hydrogen-bond donors (Lipinski definition) is 1. The Kier molecular flexibility index (Phi) is 4.56. The van der Waals surface area contributed by atoms with Crippen molar-refractivity contribution in [3.8, 4) is 0 Å². The molecule has 2 fully saturated rings. The van der Waals surface area contributed by atoms with E-state index in [-0.39, 0.29) is 6.42 Å². The molecule has 0 bridgehead atoms. The highest BCUT2D eigenvalue weighted by atomic mass is 16.4. The first-order valence-corrected chi connectivity index (χ1v) is 7.96. The summed E-state index contributed by atoms with van der Waals surface area (Å²) < 4.78 is 0. The maximum Gasteiger partial charge on any atom is 0.304 e. The van der Waals surface area contributed by atoms with Gasteiger partial charge < -0.3 is 10.0 Å². The SMILES string of the molecule is O=C(O)CCN1CCN(Cc2cccc(C3CC3)c2)CC1. The van der Waals surface area contributed by atoms with E-state index >= 15 is 0 Å². The summed E-state index contributed by atoms with van der Waals surface area (Å²) in [6.07, 6.45) is 2.96. The average Bonchev–Trinajstić information content (AvgIpc) is 3.31. The number of carboxylic acids is 1. The van der Waals surface area contributed by atoms with Crippen molar-refractivity contribution in [3.05, 3.63) is 35.4 Å². The predicted molar refractivity (Wildman–Crippen MR) is 82.4 cm³/mol. The fraction of sp³-hybridized carbons (Fsp3) is 0.588. The molecule has 3 rings (SSSR count). The zero-order chi connectivity index (χ0) is 14.7. The van der Waals surface area contributed by atoms with Gasteiger partial charge in [-0.15, -0.1) is 0 Å². The third-order valence-corrected chi connectivity index (χ3v) is 4.51. The third-order valence-electron chi connectivity index (χ3n) is 4.51. The Morgan fingerprint density at radius 2 is 1.86 bits per heavy atom. The Morgan fingerprint density at radius 3 is 2.52 bits per heavy atom. The molecule has 0 atom stereocenters. The summed E-state index contributed by atoms with van der Waals surface area (Å²) in [6, 6.07) is 9.04.